The highest BCUT2D eigenvalue weighted by Gasteiger charge is 2.40. The van der Waals surface area contributed by atoms with Crippen LogP contribution in [0.15, 0.2) is 11.4 Å². The first-order valence-corrected chi connectivity index (χ1v) is 5.82. The normalized spacial score (nSPS) is 26.3. The molecule has 1 aromatic rings. The number of aliphatic hydroxyl groups is 1. The Morgan fingerprint density at radius 3 is 3.14 bits per heavy atom. The molecular formula is C10H15NO2S. The highest BCUT2D eigenvalue weighted by molar-refractivity contribution is 7.03. The van der Waals surface area contributed by atoms with Gasteiger partial charge in [0.15, 0.2) is 0 Å². The summed E-state index contributed by atoms with van der Waals surface area (Å²) in [5.41, 5.74) is 0.0248. The molecule has 0 spiro atoms. The lowest BCUT2D eigenvalue weighted by molar-refractivity contribution is -0.0336. The van der Waals surface area contributed by atoms with Crippen LogP contribution in [0.2, 0.25) is 0 Å². The number of ether oxygens (including phenoxy) is 1. The minimum absolute atomic E-state index is 0.203. The van der Waals surface area contributed by atoms with Gasteiger partial charge in [-0.2, -0.15) is 4.37 Å². The summed E-state index contributed by atoms with van der Waals surface area (Å²) in [6.45, 7) is 3.41. The van der Waals surface area contributed by atoms with Gasteiger partial charge in [0.2, 0.25) is 0 Å². The lowest BCUT2D eigenvalue weighted by Crippen LogP contribution is -2.35. The fourth-order valence-corrected chi connectivity index (χ4v) is 2.61. The summed E-state index contributed by atoms with van der Waals surface area (Å²) < 4.78 is 9.56. The number of hydrogen-bond acceptors (Lipinski definition) is 4. The third-order valence-electron chi connectivity index (χ3n) is 3.03. The van der Waals surface area contributed by atoms with Crippen LogP contribution in [-0.2, 0) is 10.3 Å². The molecule has 1 N–H and O–H groups in total. The average Bonchev–Trinajstić information content (AvgIpc) is 2.88. The molecule has 0 amide bonds. The maximum Gasteiger partial charge on any atom is 0.112 e. The van der Waals surface area contributed by atoms with Gasteiger partial charge in [-0.25, -0.2) is 0 Å². The Labute approximate surface area is 87.9 Å². The maximum atomic E-state index is 10.5. The molecule has 2 unspecified atom stereocenters. The van der Waals surface area contributed by atoms with Gasteiger partial charge in [-0.15, -0.1) is 0 Å². The molecule has 2 rings (SSSR count). The molecule has 78 valence electrons. The van der Waals surface area contributed by atoms with Gasteiger partial charge in [-0.3, -0.25) is 0 Å². The van der Waals surface area contributed by atoms with Crippen LogP contribution in [0, 0.1) is 5.92 Å². The van der Waals surface area contributed by atoms with E-state index in [1.807, 2.05) is 18.4 Å². The molecule has 1 saturated heterocycles. The van der Waals surface area contributed by atoms with Crippen molar-refractivity contribution in [2.45, 2.75) is 25.4 Å². The molecule has 0 bridgehead atoms. The van der Waals surface area contributed by atoms with Gasteiger partial charge in [0.1, 0.15) is 5.60 Å². The van der Waals surface area contributed by atoms with Crippen LogP contribution in [0.1, 0.15) is 25.5 Å². The van der Waals surface area contributed by atoms with Gasteiger partial charge in [-0.05, 0) is 30.4 Å². The van der Waals surface area contributed by atoms with Crippen molar-refractivity contribution in [1.29, 1.82) is 0 Å². The summed E-state index contributed by atoms with van der Waals surface area (Å²) in [5.74, 6) is 0.203. The Morgan fingerprint density at radius 1 is 1.79 bits per heavy atom. The smallest absolute Gasteiger partial charge is 0.112 e. The third-order valence-corrected chi connectivity index (χ3v) is 3.59. The largest absolute Gasteiger partial charge is 0.383 e. The van der Waals surface area contributed by atoms with E-state index in [-0.39, 0.29) is 5.92 Å². The SMILES string of the molecule is CCC(O)(c1ccsn1)C1CCOC1. The molecule has 0 aromatic carbocycles. The first-order chi connectivity index (χ1) is 6.77. The van der Waals surface area contributed by atoms with Crippen LogP contribution in [0.4, 0.5) is 0 Å². The molecule has 0 radical (unpaired) electrons. The van der Waals surface area contributed by atoms with Gasteiger partial charge in [0.05, 0.1) is 12.3 Å². The molecule has 1 aliphatic rings. The first kappa shape index (κ1) is 10.1. The number of rotatable bonds is 3. The van der Waals surface area contributed by atoms with Crippen LogP contribution < -0.4 is 0 Å². The number of nitrogens with zero attached hydrogens (tertiary/aromatic N) is 1. The number of aromatic nitrogens is 1. The van der Waals surface area contributed by atoms with E-state index in [0.717, 1.165) is 18.7 Å². The predicted octanol–water partition coefficient (Wildman–Crippen LogP) is 1.78. The van der Waals surface area contributed by atoms with E-state index in [1.165, 1.54) is 11.5 Å². The van der Waals surface area contributed by atoms with Crippen molar-refractivity contribution in [3.8, 4) is 0 Å². The van der Waals surface area contributed by atoms with Crippen molar-refractivity contribution in [2.24, 2.45) is 5.92 Å². The summed E-state index contributed by atoms with van der Waals surface area (Å²) in [4.78, 5) is 0. The predicted molar refractivity (Wildman–Crippen MR) is 55.2 cm³/mol. The molecule has 4 heteroatoms. The topological polar surface area (TPSA) is 42.4 Å². The van der Waals surface area contributed by atoms with Crippen LogP contribution in [0.5, 0.6) is 0 Å². The highest BCUT2D eigenvalue weighted by atomic mass is 32.1. The van der Waals surface area contributed by atoms with E-state index in [1.54, 1.807) is 0 Å². The van der Waals surface area contributed by atoms with Crippen molar-refractivity contribution < 1.29 is 9.84 Å². The molecule has 0 aliphatic carbocycles. The Morgan fingerprint density at radius 2 is 2.64 bits per heavy atom. The number of hydrogen-bond donors (Lipinski definition) is 1. The fourth-order valence-electron chi connectivity index (χ4n) is 2.03. The highest BCUT2D eigenvalue weighted by Crippen LogP contribution is 2.37. The molecule has 14 heavy (non-hydrogen) atoms. The molecule has 3 nitrogen and oxygen atoms in total. The van der Waals surface area contributed by atoms with Crippen molar-refractivity contribution in [3.05, 3.63) is 17.1 Å². The van der Waals surface area contributed by atoms with E-state index in [9.17, 15) is 5.11 Å². The quantitative estimate of drug-likeness (QED) is 0.832. The Bertz CT molecular complexity index is 282. The Kier molecular flexibility index (Phi) is 2.85. The van der Waals surface area contributed by atoms with Gasteiger partial charge < -0.3 is 9.84 Å². The lowest BCUT2D eigenvalue weighted by Gasteiger charge is -2.30. The zero-order valence-corrected chi connectivity index (χ0v) is 9.09. The van der Waals surface area contributed by atoms with Crippen molar-refractivity contribution >= 4 is 11.5 Å². The lowest BCUT2D eigenvalue weighted by atomic mass is 9.82. The first-order valence-electron chi connectivity index (χ1n) is 4.98. The van der Waals surface area contributed by atoms with Crippen molar-refractivity contribution in [3.63, 3.8) is 0 Å². The molecule has 1 aliphatic heterocycles. The van der Waals surface area contributed by atoms with Gasteiger partial charge in [0, 0.05) is 17.9 Å². The summed E-state index contributed by atoms with van der Waals surface area (Å²) in [7, 11) is 0. The molecular weight excluding hydrogens is 198 g/mol. The summed E-state index contributed by atoms with van der Waals surface area (Å²) in [5, 5.41) is 12.5. The zero-order chi connectivity index (χ0) is 10.0. The second-order valence-electron chi connectivity index (χ2n) is 3.72. The average molecular weight is 213 g/mol. The third kappa shape index (κ3) is 1.58. The zero-order valence-electron chi connectivity index (χ0n) is 8.27. The minimum atomic E-state index is -0.781. The van der Waals surface area contributed by atoms with E-state index >= 15 is 0 Å². The second-order valence-corrected chi connectivity index (χ2v) is 4.39. The van der Waals surface area contributed by atoms with Crippen LogP contribution in [0.25, 0.3) is 0 Å². The Balaban J connectivity index is 2.24. The van der Waals surface area contributed by atoms with Gasteiger partial charge in [0.25, 0.3) is 0 Å². The van der Waals surface area contributed by atoms with Crippen molar-refractivity contribution in [1.82, 2.24) is 4.37 Å². The summed E-state index contributed by atoms with van der Waals surface area (Å²) in [6.07, 6.45) is 1.63. The van der Waals surface area contributed by atoms with Crippen molar-refractivity contribution in [2.75, 3.05) is 13.2 Å². The molecule has 1 fully saturated rings. The van der Waals surface area contributed by atoms with Crippen LogP contribution >= 0.6 is 11.5 Å². The summed E-state index contributed by atoms with van der Waals surface area (Å²) >= 11 is 1.39. The van der Waals surface area contributed by atoms with E-state index < -0.39 is 5.60 Å². The second kappa shape index (κ2) is 3.96. The molecule has 0 saturated carbocycles. The van der Waals surface area contributed by atoms with Crippen LogP contribution in [-0.4, -0.2) is 22.7 Å². The monoisotopic (exact) mass is 213 g/mol. The molecule has 2 heterocycles. The minimum Gasteiger partial charge on any atom is -0.383 e. The van der Waals surface area contributed by atoms with Crippen LogP contribution in [0.3, 0.4) is 0 Å². The maximum absolute atomic E-state index is 10.5. The Hall–Kier alpha value is -0.450. The standard InChI is InChI=1S/C10H15NO2S/c1-2-10(12,8-3-5-13-7-8)9-4-6-14-11-9/h4,6,8,12H,2-3,5,7H2,1H3. The van der Waals surface area contributed by atoms with E-state index in [2.05, 4.69) is 4.37 Å². The summed E-state index contributed by atoms with van der Waals surface area (Å²) in [6, 6.07) is 1.91. The van der Waals surface area contributed by atoms with E-state index in [4.69, 9.17) is 4.74 Å². The van der Waals surface area contributed by atoms with Gasteiger partial charge in [-0.1, -0.05) is 6.92 Å². The van der Waals surface area contributed by atoms with E-state index in [0.29, 0.717) is 13.0 Å². The van der Waals surface area contributed by atoms with Gasteiger partial charge >= 0.3 is 0 Å². The molecule has 1 aromatic heterocycles. The fraction of sp³-hybridized carbons (Fsp3) is 0.700. The molecule has 2 atom stereocenters.